The van der Waals surface area contributed by atoms with Crippen molar-refractivity contribution in [3.8, 4) is 0 Å². The zero-order chi connectivity index (χ0) is 25.8. The van der Waals surface area contributed by atoms with Gasteiger partial charge in [-0.15, -0.1) is 0 Å². The molecule has 1 aliphatic heterocycles. The van der Waals surface area contributed by atoms with Crippen LogP contribution in [0.2, 0.25) is 0 Å². The lowest BCUT2D eigenvalue weighted by molar-refractivity contribution is 0.289. The van der Waals surface area contributed by atoms with Gasteiger partial charge in [-0.1, -0.05) is 65.8 Å². The molecule has 1 saturated heterocycles. The van der Waals surface area contributed by atoms with Gasteiger partial charge in [0.05, 0.1) is 4.90 Å². The Morgan fingerprint density at radius 1 is 0.919 bits per heavy atom. The summed E-state index contributed by atoms with van der Waals surface area (Å²) in [5.41, 5.74) is 3.32. The Kier molecular flexibility index (Phi) is 7.39. The number of rotatable bonds is 9. The fourth-order valence-corrected chi connectivity index (χ4v) is 6.55. The second-order valence-electron chi connectivity index (χ2n) is 9.71. The van der Waals surface area contributed by atoms with E-state index in [1.165, 1.54) is 9.87 Å². The van der Waals surface area contributed by atoms with Gasteiger partial charge in [0.25, 0.3) is 0 Å². The van der Waals surface area contributed by atoms with Crippen LogP contribution in [0.4, 0.5) is 5.69 Å². The highest BCUT2D eigenvalue weighted by Crippen LogP contribution is 2.43. The third-order valence-corrected chi connectivity index (χ3v) is 8.85. The van der Waals surface area contributed by atoms with E-state index in [2.05, 4.69) is 22.3 Å². The van der Waals surface area contributed by atoms with Gasteiger partial charge in [0.1, 0.15) is 6.04 Å². The largest absolute Gasteiger partial charge is 0.378 e. The van der Waals surface area contributed by atoms with E-state index in [-0.39, 0.29) is 10.8 Å². The maximum atomic E-state index is 13.8. The second kappa shape index (κ2) is 10.9. The molecule has 37 heavy (non-hydrogen) atoms. The summed E-state index contributed by atoms with van der Waals surface area (Å²) >= 11 is 0. The number of hydrogen-bond acceptors (Lipinski definition) is 6. The van der Waals surface area contributed by atoms with Crippen LogP contribution in [0.15, 0.2) is 94.3 Å². The molecule has 2 atom stereocenters. The van der Waals surface area contributed by atoms with Crippen LogP contribution in [0, 0.1) is 0 Å². The summed E-state index contributed by atoms with van der Waals surface area (Å²) in [6.45, 7) is 0.359. The van der Waals surface area contributed by atoms with Gasteiger partial charge >= 0.3 is 0 Å². The van der Waals surface area contributed by atoms with E-state index in [4.69, 9.17) is 4.52 Å². The van der Waals surface area contributed by atoms with Crippen molar-refractivity contribution in [3.05, 3.63) is 108 Å². The SMILES string of the molecule is CN(C)c1ccc(S(=O)(=O)N2C[C@H](c3ccccc3)C[C@H]2c2nc(CCCc3ccccc3)no2)cc1. The average Bonchev–Trinajstić information content (AvgIpc) is 3.58. The molecule has 1 aromatic heterocycles. The second-order valence-corrected chi connectivity index (χ2v) is 11.6. The molecule has 1 fully saturated rings. The van der Waals surface area contributed by atoms with Gasteiger partial charge in [-0.3, -0.25) is 0 Å². The molecule has 8 heteroatoms. The van der Waals surface area contributed by atoms with Crippen LogP contribution in [-0.4, -0.2) is 43.5 Å². The van der Waals surface area contributed by atoms with E-state index >= 15 is 0 Å². The maximum Gasteiger partial charge on any atom is 0.245 e. The summed E-state index contributed by atoms with van der Waals surface area (Å²) < 4.78 is 34.9. The summed E-state index contributed by atoms with van der Waals surface area (Å²) in [7, 11) is 0.0800. The average molecular weight is 517 g/mol. The maximum absolute atomic E-state index is 13.8. The normalized spacial score (nSPS) is 18.2. The number of benzene rings is 3. The van der Waals surface area contributed by atoms with Gasteiger partial charge in [-0.25, -0.2) is 8.42 Å². The minimum atomic E-state index is -3.78. The molecule has 0 unspecified atom stereocenters. The summed E-state index contributed by atoms with van der Waals surface area (Å²) in [5.74, 6) is 1.01. The standard InChI is InChI=1S/C29H32N4O3S/c1-32(2)25-16-18-26(19-17-25)37(34,35)33-21-24(23-13-7-4-8-14-23)20-27(33)29-30-28(31-36-29)15-9-12-22-10-5-3-6-11-22/h3-8,10-11,13-14,16-19,24,27H,9,12,15,20-21H2,1-2H3/t24-,27+/m1/s1. The summed E-state index contributed by atoms with van der Waals surface area (Å²) in [6, 6.07) is 26.8. The van der Waals surface area contributed by atoms with E-state index in [1.807, 2.05) is 79.7 Å². The molecule has 0 aliphatic carbocycles. The first-order valence-electron chi connectivity index (χ1n) is 12.6. The Morgan fingerprint density at radius 2 is 1.59 bits per heavy atom. The van der Waals surface area contributed by atoms with Crippen molar-refractivity contribution in [1.82, 2.24) is 14.4 Å². The molecule has 192 valence electrons. The fourth-order valence-electron chi connectivity index (χ4n) is 4.91. The van der Waals surface area contributed by atoms with E-state index in [1.54, 1.807) is 12.1 Å². The first kappa shape index (κ1) is 25.2. The zero-order valence-electron chi connectivity index (χ0n) is 21.2. The van der Waals surface area contributed by atoms with Gasteiger partial charge in [0.2, 0.25) is 15.9 Å². The minimum Gasteiger partial charge on any atom is -0.378 e. The number of anilines is 1. The molecule has 0 radical (unpaired) electrons. The predicted molar refractivity (Wildman–Crippen MR) is 144 cm³/mol. The minimum absolute atomic E-state index is 0.0375. The Hall–Kier alpha value is -3.49. The van der Waals surface area contributed by atoms with Crippen molar-refractivity contribution >= 4 is 15.7 Å². The number of aromatic nitrogens is 2. The van der Waals surface area contributed by atoms with E-state index < -0.39 is 16.1 Å². The molecule has 0 N–H and O–H groups in total. The number of aryl methyl sites for hydroxylation is 2. The molecule has 0 bridgehead atoms. The van der Waals surface area contributed by atoms with E-state index in [0.29, 0.717) is 31.1 Å². The lowest BCUT2D eigenvalue weighted by Gasteiger charge is -2.22. The summed E-state index contributed by atoms with van der Waals surface area (Å²) in [5, 5.41) is 4.20. The van der Waals surface area contributed by atoms with Crippen molar-refractivity contribution < 1.29 is 12.9 Å². The quantitative estimate of drug-likeness (QED) is 0.303. The highest BCUT2D eigenvalue weighted by Gasteiger charge is 2.44. The van der Waals surface area contributed by atoms with Crippen LogP contribution < -0.4 is 4.90 Å². The van der Waals surface area contributed by atoms with Gasteiger partial charge < -0.3 is 9.42 Å². The Labute approximate surface area is 218 Å². The molecule has 0 spiro atoms. The number of nitrogens with zero attached hydrogens (tertiary/aromatic N) is 4. The molecular formula is C29H32N4O3S. The third-order valence-electron chi connectivity index (χ3n) is 6.96. The van der Waals surface area contributed by atoms with E-state index in [0.717, 1.165) is 24.1 Å². The Morgan fingerprint density at radius 3 is 2.27 bits per heavy atom. The zero-order valence-corrected chi connectivity index (χ0v) is 22.0. The van der Waals surface area contributed by atoms with Crippen LogP contribution in [0.3, 0.4) is 0 Å². The number of sulfonamides is 1. The Bertz CT molecular complexity index is 1400. The van der Waals surface area contributed by atoms with Crippen LogP contribution in [0.1, 0.15) is 47.6 Å². The molecular weight excluding hydrogens is 484 g/mol. The van der Waals surface area contributed by atoms with Crippen molar-refractivity contribution in [2.75, 3.05) is 25.5 Å². The Balaban J connectivity index is 1.38. The first-order valence-corrected chi connectivity index (χ1v) is 14.1. The molecule has 0 amide bonds. The lowest BCUT2D eigenvalue weighted by atomic mass is 9.96. The van der Waals surface area contributed by atoms with Gasteiger partial charge in [0, 0.05) is 32.7 Å². The summed E-state index contributed by atoms with van der Waals surface area (Å²) in [4.78, 5) is 6.86. The van der Waals surface area contributed by atoms with Gasteiger partial charge in [-0.2, -0.15) is 9.29 Å². The molecule has 0 saturated carbocycles. The highest BCUT2D eigenvalue weighted by atomic mass is 32.2. The van der Waals surface area contributed by atoms with Crippen LogP contribution >= 0.6 is 0 Å². The van der Waals surface area contributed by atoms with Crippen molar-refractivity contribution in [2.45, 2.75) is 42.5 Å². The topological polar surface area (TPSA) is 79.5 Å². The molecule has 5 rings (SSSR count). The van der Waals surface area contributed by atoms with Crippen molar-refractivity contribution in [2.24, 2.45) is 0 Å². The smallest absolute Gasteiger partial charge is 0.245 e. The summed E-state index contributed by atoms with van der Waals surface area (Å²) in [6.07, 6.45) is 3.07. The number of hydrogen-bond donors (Lipinski definition) is 0. The molecule has 4 aromatic rings. The van der Waals surface area contributed by atoms with Crippen LogP contribution in [-0.2, 0) is 22.9 Å². The fraction of sp³-hybridized carbons (Fsp3) is 0.310. The monoisotopic (exact) mass is 516 g/mol. The van der Waals surface area contributed by atoms with Gasteiger partial charge in [-0.05, 0) is 60.6 Å². The molecule has 3 aromatic carbocycles. The van der Waals surface area contributed by atoms with Crippen LogP contribution in [0.25, 0.3) is 0 Å². The molecule has 1 aliphatic rings. The molecule has 7 nitrogen and oxygen atoms in total. The predicted octanol–water partition coefficient (Wildman–Crippen LogP) is 5.23. The first-order chi connectivity index (χ1) is 17.9. The molecule has 2 heterocycles. The van der Waals surface area contributed by atoms with Crippen molar-refractivity contribution in [3.63, 3.8) is 0 Å². The van der Waals surface area contributed by atoms with E-state index in [9.17, 15) is 8.42 Å². The van der Waals surface area contributed by atoms with Crippen molar-refractivity contribution in [1.29, 1.82) is 0 Å². The lowest BCUT2D eigenvalue weighted by Crippen LogP contribution is -2.31. The van der Waals surface area contributed by atoms with Gasteiger partial charge in [0.15, 0.2) is 5.82 Å². The van der Waals surface area contributed by atoms with Crippen LogP contribution in [0.5, 0.6) is 0 Å². The third kappa shape index (κ3) is 5.60. The highest BCUT2D eigenvalue weighted by molar-refractivity contribution is 7.89.